The third-order valence-corrected chi connectivity index (χ3v) is 10.4. The highest BCUT2D eigenvalue weighted by Crippen LogP contribution is 2.65. The Balaban J connectivity index is 1.19. The van der Waals surface area contributed by atoms with Gasteiger partial charge in [-0.2, -0.15) is 0 Å². The summed E-state index contributed by atoms with van der Waals surface area (Å²) in [5, 5.41) is 6.39. The van der Waals surface area contributed by atoms with Gasteiger partial charge in [0.05, 0.1) is 0 Å². The second kappa shape index (κ2) is 8.97. The molecular formula is C32H36N2O3. The van der Waals surface area contributed by atoms with Crippen molar-refractivity contribution in [2.45, 2.75) is 58.4 Å². The highest BCUT2D eigenvalue weighted by molar-refractivity contribution is 6.09. The Morgan fingerprint density at radius 3 is 2.49 bits per heavy atom. The van der Waals surface area contributed by atoms with Crippen molar-refractivity contribution < 1.29 is 14.4 Å². The molecule has 5 unspecified atom stereocenters. The molecule has 0 aromatic heterocycles. The molecule has 2 aromatic rings. The Morgan fingerprint density at radius 1 is 0.892 bits per heavy atom. The summed E-state index contributed by atoms with van der Waals surface area (Å²) in [6.45, 7) is 4.67. The quantitative estimate of drug-likeness (QED) is 0.528. The van der Waals surface area contributed by atoms with Gasteiger partial charge in [0, 0.05) is 34.2 Å². The molecule has 4 aliphatic rings. The van der Waals surface area contributed by atoms with Crippen LogP contribution in [0.4, 0.5) is 5.69 Å². The van der Waals surface area contributed by atoms with Crippen LogP contribution in [0.25, 0.3) is 0 Å². The van der Waals surface area contributed by atoms with Crippen LogP contribution in [-0.4, -0.2) is 23.6 Å². The van der Waals surface area contributed by atoms with Crippen molar-refractivity contribution in [2.24, 2.45) is 34.5 Å². The number of rotatable bonds is 4. The number of carbonyl (C=O) groups is 3. The van der Waals surface area contributed by atoms with Crippen molar-refractivity contribution in [1.29, 1.82) is 0 Å². The van der Waals surface area contributed by atoms with Crippen LogP contribution in [0, 0.1) is 34.5 Å². The van der Waals surface area contributed by atoms with Crippen molar-refractivity contribution in [3.63, 3.8) is 0 Å². The third-order valence-electron chi connectivity index (χ3n) is 10.4. The van der Waals surface area contributed by atoms with Gasteiger partial charge in [-0.05, 0) is 79.9 Å². The van der Waals surface area contributed by atoms with Crippen LogP contribution in [0.1, 0.15) is 68.3 Å². The lowest BCUT2D eigenvalue weighted by Crippen LogP contribution is -2.59. The molecule has 2 amide bonds. The summed E-state index contributed by atoms with van der Waals surface area (Å²) in [5.41, 5.74) is 1.89. The first-order valence-electron chi connectivity index (χ1n) is 13.8. The summed E-state index contributed by atoms with van der Waals surface area (Å²) in [4.78, 5) is 38.6. The fourth-order valence-electron chi connectivity index (χ4n) is 8.49. The summed E-state index contributed by atoms with van der Waals surface area (Å²) in [6, 6.07) is 16.8. The van der Waals surface area contributed by atoms with Gasteiger partial charge in [0.1, 0.15) is 0 Å². The molecular weight excluding hydrogens is 460 g/mol. The van der Waals surface area contributed by atoms with Crippen LogP contribution in [0.15, 0.2) is 66.7 Å². The second-order valence-corrected chi connectivity index (χ2v) is 12.2. The van der Waals surface area contributed by atoms with Gasteiger partial charge in [-0.25, -0.2) is 0 Å². The van der Waals surface area contributed by atoms with Gasteiger partial charge in [0.2, 0.25) is 11.8 Å². The largest absolute Gasteiger partial charge is 0.349 e. The van der Waals surface area contributed by atoms with Gasteiger partial charge in [-0.1, -0.05) is 62.4 Å². The van der Waals surface area contributed by atoms with Crippen molar-refractivity contribution in [2.75, 3.05) is 5.32 Å². The maximum absolute atomic E-state index is 13.7. The van der Waals surface area contributed by atoms with Gasteiger partial charge >= 0.3 is 0 Å². The molecule has 1 heterocycles. The number of anilines is 1. The molecule has 0 bridgehead atoms. The van der Waals surface area contributed by atoms with Gasteiger partial charge in [-0.3, -0.25) is 14.4 Å². The summed E-state index contributed by atoms with van der Waals surface area (Å²) in [5.74, 6) is 1.70. The van der Waals surface area contributed by atoms with E-state index >= 15 is 0 Å². The second-order valence-electron chi connectivity index (χ2n) is 12.2. The van der Waals surface area contributed by atoms with Gasteiger partial charge in [0.15, 0.2) is 5.78 Å². The smallest absolute Gasteiger partial charge is 0.243 e. The average Bonchev–Trinajstić information content (AvgIpc) is 3.27. The number of fused-ring (bicyclic) bond motifs is 5. The number of ketones is 1. The highest BCUT2D eigenvalue weighted by Gasteiger charge is 2.60. The number of amides is 2. The lowest BCUT2D eigenvalue weighted by atomic mass is 9.48. The van der Waals surface area contributed by atoms with E-state index in [4.69, 9.17) is 0 Å². The Hall–Kier alpha value is -3.21. The minimum Gasteiger partial charge on any atom is -0.349 e. The molecule has 192 valence electrons. The minimum atomic E-state index is -0.0417. The average molecular weight is 497 g/mol. The van der Waals surface area contributed by atoms with Crippen LogP contribution < -0.4 is 10.6 Å². The minimum absolute atomic E-state index is 0.00420. The van der Waals surface area contributed by atoms with Crippen molar-refractivity contribution in [3.8, 4) is 0 Å². The highest BCUT2D eigenvalue weighted by atomic mass is 16.2. The molecule has 37 heavy (non-hydrogen) atoms. The number of benzene rings is 2. The molecule has 5 heteroatoms. The van der Waals surface area contributed by atoms with E-state index in [2.05, 4.69) is 30.6 Å². The SMILES string of the molecule is C[C@]12C=CC(=O)NC1CCC1C2CC[C@]2(C)C(C(=O)Nc3cccc(C(=O)c4ccccc4)c3)CCC12. The van der Waals surface area contributed by atoms with Crippen molar-refractivity contribution in [1.82, 2.24) is 5.32 Å². The molecule has 2 N–H and O–H groups in total. The predicted octanol–water partition coefficient (Wildman–Crippen LogP) is 5.77. The van der Waals surface area contributed by atoms with E-state index in [1.807, 2.05) is 42.5 Å². The van der Waals surface area contributed by atoms with Crippen LogP contribution in [-0.2, 0) is 9.59 Å². The van der Waals surface area contributed by atoms with Gasteiger partial charge < -0.3 is 10.6 Å². The number of hydrogen-bond donors (Lipinski definition) is 2. The molecule has 3 aliphatic carbocycles. The van der Waals surface area contributed by atoms with E-state index < -0.39 is 0 Å². The van der Waals surface area contributed by atoms with E-state index in [0.717, 1.165) is 38.5 Å². The van der Waals surface area contributed by atoms with Crippen molar-refractivity contribution in [3.05, 3.63) is 77.9 Å². The first kappa shape index (κ1) is 24.1. The number of carbonyl (C=O) groups excluding carboxylic acids is 3. The zero-order chi connectivity index (χ0) is 25.8. The fraction of sp³-hybridized carbons (Fsp3) is 0.469. The van der Waals surface area contributed by atoms with Gasteiger partial charge in [-0.15, -0.1) is 0 Å². The van der Waals surface area contributed by atoms with Crippen LogP contribution in [0.3, 0.4) is 0 Å². The standard InChI is InChI=1S/C32H36N2O3/c1-31-17-15-25-23(11-14-27-32(25,2)18-16-28(35)34-27)24(31)12-13-26(31)30(37)33-22-10-6-9-21(19-22)29(36)20-7-4-3-5-8-20/h3-10,16,18-19,23-27H,11-15,17H2,1-2H3,(H,33,37)(H,34,35)/t23?,24?,25?,26?,27?,31-,32+/m0/s1. The molecule has 3 fully saturated rings. The molecule has 0 spiro atoms. The predicted molar refractivity (Wildman–Crippen MR) is 144 cm³/mol. The Labute approximate surface area is 219 Å². The normalized spacial score (nSPS) is 36.1. The van der Waals surface area contributed by atoms with E-state index in [9.17, 15) is 14.4 Å². The van der Waals surface area contributed by atoms with E-state index in [0.29, 0.717) is 34.6 Å². The zero-order valence-corrected chi connectivity index (χ0v) is 21.7. The fourth-order valence-corrected chi connectivity index (χ4v) is 8.49. The molecule has 5 nitrogen and oxygen atoms in total. The Morgan fingerprint density at radius 2 is 1.68 bits per heavy atom. The van der Waals surface area contributed by atoms with Crippen LogP contribution in [0.2, 0.25) is 0 Å². The van der Waals surface area contributed by atoms with E-state index in [-0.39, 0.29) is 40.4 Å². The van der Waals surface area contributed by atoms with Gasteiger partial charge in [0.25, 0.3) is 0 Å². The molecule has 1 aliphatic heterocycles. The summed E-state index contributed by atoms with van der Waals surface area (Å²) in [6.07, 6.45) is 10.2. The summed E-state index contributed by atoms with van der Waals surface area (Å²) < 4.78 is 0. The maximum atomic E-state index is 13.7. The summed E-state index contributed by atoms with van der Waals surface area (Å²) in [7, 11) is 0. The zero-order valence-electron chi connectivity index (χ0n) is 21.7. The van der Waals surface area contributed by atoms with Crippen LogP contribution >= 0.6 is 0 Å². The first-order valence-corrected chi connectivity index (χ1v) is 13.8. The lowest BCUT2D eigenvalue weighted by molar-refractivity contribution is -0.129. The van der Waals surface area contributed by atoms with E-state index in [1.165, 1.54) is 0 Å². The Kier molecular flexibility index (Phi) is 5.85. The third kappa shape index (κ3) is 3.94. The van der Waals surface area contributed by atoms with E-state index in [1.54, 1.807) is 18.2 Å². The molecule has 0 saturated heterocycles. The molecule has 3 saturated carbocycles. The summed E-state index contributed by atoms with van der Waals surface area (Å²) >= 11 is 0. The molecule has 2 aromatic carbocycles. The lowest BCUT2D eigenvalue weighted by Gasteiger charge is -2.58. The van der Waals surface area contributed by atoms with Crippen molar-refractivity contribution >= 4 is 23.3 Å². The first-order chi connectivity index (χ1) is 17.8. The molecule has 0 radical (unpaired) electrons. The monoisotopic (exact) mass is 496 g/mol. The number of hydrogen-bond acceptors (Lipinski definition) is 3. The van der Waals surface area contributed by atoms with Crippen LogP contribution in [0.5, 0.6) is 0 Å². The molecule has 6 rings (SSSR count). The Bertz CT molecular complexity index is 1270. The number of nitrogens with one attached hydrogen (secondary N) is 2. The topological polar surface area (TPSA) is 75.3 Å². The maximum Gasteiger partial charge on any atom is 0.243 e. The molecule has 7 atom stereocenters.